The van der Waals surface area contributed by atoms with E-state index >= 15 is 0 Å². The second kappa shape index (κ2) is 9.31. The van der Waals surface area contributed by atoms with Crippen LogP contribution in [0.1, 0.15) is 5.82 Å². The molecule has 0 saturated carbocycles. The first-order valence-electron chi connectivity index (χ1n) is 9.52. The largest absolute Gasteiger partial charge is 0.340 e. The summed E-state index contributed by atoms with van der Waals surface area (Å²) in [6, 6.07) is 16.6. The van der Waals surface area contributed by atoms with E-state index in [0.29, 0.717) is 11.5 Å². The Labute approximate surface area is 184 Å². The van der Waals surface area contributed by atoms with Crippen molar-refractivity contribution < 1.29 is 4.79 Å². The van der Waals surface area contributed by atoms with Gasteiger partial charge in [-0.25, -0.2) is 19.7 Å². The highest BCUT2D eigenvalue weighted by Gasteiger charge is 2.06. The normalized spacial score (nSPS) is 10.5. The zero-order valence-corrected chi connectivity index (χ0v) is 17.9. The van der Waals surface area contributed by atoms with E-state index in [9.17, 15) is 4.79 Å². The molecule has 2 heterocycles. The van der Waals surface area contributed by atoms with Gasteiger partial charge in [0.15, 0.2) is 0 Å². The van der Waals surface area contributed by atoms with Crippen molar-refractivity contribution in [2.24, 2.45) is 0 Å². The van der Waals surface area contributed by atoms with E-state index in [1.54, 1.807) is 18.0 Å². The number of amides is 2. The van der Waals surface area contributed by atoms with Gasteiger partial charge in [-0.1, -0.05) is 6.07 Å². The molecule has 2 aromatic heterocycles. The molecule has 3 N–H and O–H groups in total. The number of nitrogens with one attached hydrogen (secondary N) is 3. The van der Waals surface area contributed by atoms with Gasteiger partial charge < -0.3 is 16.0 Å². The van der Waals surface area contributed by atoms with Crippen LogP contribution < -0.4 is 16.0 Å². The molecule has 8 nitrogen and oxygen atoms in total. The monoisotopic (exact) mass is 431 g/mol. The quantitative estimate of drug-likeness (QED) is 0.368. The molecular formula is C22H21N7OS. The predicted octanol–water partition coefficient (Wildman–Crippen LogP) is 5.08. The Hall–Kier alpha value is -3.85. The van der Waals surface area contributed by atoms with Crippen LogP contribution in [0.15, 0.2) is 78.2 Å². The van der Waals surface area contributed by atoms with Crippen molar-refractivity contribution in [3.63, 3.8) is 0 Å². The van der Waals surface area contributed by atoms with Gasteiger partial charge in [-0.15, -0.1) is 11.8 Å². The van der Waals surface area contributed by atoms with Crippen LogP contribution in [0.4, 0.5) is 27.7 Å². The number of aromatic nitrogens is 4. The molecule has 0 bridgehead atoms. The SMILES string of the molecule is CSc1cccc(NC(=O)Nc2ccc(Nc3cc(-n4ccnc4C)ncn3)cc2)c1. The summed E-state index contributed by atoms with van der Waals surface area (Å²) in [5.41, 5.74) is 2.27. The lowest BCUT2D eigenvalue weighted by molar-refractivity contribution is 0.262. The number of hydrogen-bond donors (Lipinski definition) is 3. The van der Waals surface area contributed by atoms with Crippen LogP contribution in [0.5, 0.6) is 0 Å². The van der Waals surface area contributed by atoms with Crippen LogP contribution in [0.25, 0.3) is 5.82 Å². The number of imidazole rings is 1. The van der Waals surface area contributed by atoms with Gasteiger partial charge in [-0.3, -0.25) is 4.57 Å². The maximum Gasteiger partial charge on any atom is 0.323 e. The maximum absolute atomic E-state index is 12.3. The van der Waals surface area contributed by atoms with Gasteiger partial charge in [0.25, 0.3) is 0 Å². The number of rotatable bonds is 6. The molecule has 0 aliphatic carbocycles. The van der Waals surface area contributed by atoms with E-state index in [0.717, 1.165) is 27.9 Å². The van der Waals surface area contributed by atoms with Crippen molar-refractivity contribution in [3.8, 4) is 5.82 Å². The number of benzene rings is 2. The zero-order chi connectivity index (χ0) is 21.6. The van der Waals surface area contributed by atoms with E-state index in [2.05, 4.69) is 30.9 Å². The molecule has 31 heavy (non-hydrogen) atoms. The highest BCUT2D eigenvalue weighted by Crippen LogP contribution is 2.21. The van der Waals surface area contributed by atoms with E-state index in [-0.39, 0.29) is 6.03 Å². The minimum absolute atomic E-state index is 0.296. The number of aryl methyl sites for hydroxylation is 1. The van der Waals surface area contributed by atoms with Crippen molar-refractivity contribution in [1.29, 1.82) is 0 Å². The molecule has 0 saturated heterocycles. The van der Waals surface area contributed by atoms with Crippen molar-refractivity contribution >= 4 is 40.7 Å². The number of carbonyl (C=O) groups is 1. The Morgan fingerprint density at radius 2 is 1.71 bits per heavy atom. The number of thioether (sulfide) groups is 1. The maximum atomic E-state index is 12.3. The molecule has 0 radical (unpaired) electrons. The van der Waals surface area contributed by atoms with Gasteiger partial charge in [0, 0.05) is 40.4 Å². The Kier molecular flexibility index (Phi) is 6.13. The number of urea groups is 1. The lowest BCUT2D eigenvalue weighted by Gasteiger charge is -2.10. The third-order valence-corrected chi connectivity index (χ3v) is 5.19. The number of anilines is 4. The summed E-state index contributed by atoms with van der Waals surface area (Å²) in [6.07, 6.45) is 7.08. The smallest absolute Gasteiger partial charge is 0.323 e. The lowest BCUT2D eigenvalue weighted by atomic mass is 10.2. The van der Waals surface area contributed by atoms with Crippen LogP contribution in [-0.4, -0.2) is 31.8 Å². The summed E-state index contributed by atoms with van der Waals surface area (Å²) in [4.78, 5) is 26.1. The Bertz CT molecular complexity index is 1190. The second-order valence-corrected chi connectivity index (χ2v) is 7.50. The summed E-state index contributed by atoms with van der Waals surface area (Å²) in [5, 5.41) is 8.92. The van der Waals surface area contributed by atoms with E-state index < -0.39 is 0 Å². The molecule has 0 aliphatic heterocycles. The Morgan fingerprint density at radius 1 is 0.935 bits per heavy atom. The third kappa shape index (κ3) is 5.20. The van der Waals surface area contributed by atoms with Gasteiger partial charge >= 0.3 is 6.03 Å². The minimum Gasteiger partial charge on any atom is -0.340 e. The van der Waals surface area contributed by atoms with Crippen LogP contribution in [0.2, 0.25) is 0 Å². The molecule has 0 aliphatic rings. The van der Waals surface area contributed by atoms with Gasteiger partial charge in [0.05, 0.1) is 0 Å². The van der Waals surface area contributed by atoms with E-state index in [4.69, 9.17) is 0 Å². The molecular weight excluding hydrogens is 410 g/mol. The summed E-state index contributed by atoms with van der Waals surface area (Å²) < 4.78 is 1.88. The molecule has 0 atom stereocenters. The molecule has 0 fully saturated rings. The van der Waals surface area contributed by atoms with Crippen molar-refractivity contribution in [1.82, 2.24) is 19.5 Å². The number of nitrogens with zero attached hydrogens (tertiary/aromatic N) is 4. The second-order valence-electron chi connectivity index (χ2n) is 6.62. The first-order valence-corrected chi connectivity index (χ1v) is 10.7. The highest BCUT2D eigenvalue weighted by molar-refractivity contribution is 7.98. The fourth-order valence-corrected chi connectivity index (χ4v) is 3.41. The summed E-state index contributed by atoms with van der Waals surface area (Å²) in [5.74, 6) is 2.23. The zero-order valence-electron chi connectivity index (χ0n) is 17.0. The Morgan fingerprint density at radius 3 is 2.45 bits per heavy atom. The summed E-state index contributed by atoms with van der Waals surface area (Å²) in [6.45, 7) is 1.91. The number of hydrogen-bond acceptors (Lipinski definition) is 6. The van der Waals surface area contributed by atoms with Crippen molar-refractivity contribution in [3.05, 3.63) is 79.1 Å². The van der Waals surface area contributed by atoms with Crippen LogP contribution in [0.3, 0.4) is 0 Å². The Balaban J connectivity index is 1.38. The third-order valence-electron chi connectivity index (χ3n) is 4.47. The van der Waals surface area contributed by atoms with Gasteiger partial charge in [0.1, 0.15) is 23.8 Å². The average molecular weight is 432 g/mol. The van der Waals surface area contributed by atoms with Gasteiger partial charge in [-0.05, 0) is 55.6 Å². The van der Waals surface area contributed by atoms with Crippen LogP contribution in [0, 0.1) is 6.92 Å². The molecule has 4 rings (SSSR count). The summed E-state index contributed by atoms with van der Waals surface area (Å²) >= 11 is 1.62. The number of carbonyl (C=O) groups excluding carboxylic acids is 1. The summed E-state index contributed by atoms with van der Waals surface area (Å²) in [7, 11) is 0. The van der Waals surface area contributed by atoms with Crippen LogP contribution >= 0.6 is 11.8 Å². The van der Waals surface area contributed by atoms with Gasteiger partial charge in [-0.2, -0.15) is 0 Å². The van der Waals surface area contributed by atoms with Crippen LogP contribution in [-0.2, 0) is 0 Å². The molecule has 2 aromatic carbocycles. The molecule has 0 unspecified atom stereocenters. The highest BCUT2D eigenvalue weighted by atomic mass is 32.2. The fourth-order valence-electron chi connectivity index (χ4n) is 2.95. The predicted molar refractivity (Wildman–Crippen MR) is 124 cm³/mol. The molecule has 9 heteroatoms. The first kappa shape index (κ1) is 20.4. The standard InChI is InChI=1S/C22H21N7OS/c1-15-23-10-11-29(15)21-13-20(24-14-25-21)26-16-6-8-17(9-7-16)27-22(30)28-18-4-3-5-19(12-18)31-2/h3-14H,1-2H3,(H,24,25,26)(H2,27,28,30). The lowest BCUT2D eigenvalue weighted by Crippen LogP contribution is -2.19. The van der Waals surface area contributed by atoms with Crippen molar-refractivity contribution in [2.45, 2.75) is 11.8 Å². The van der Waals surface area contributed by atoms with E-state index in [1.807, 2.05) is 78.5 Å². The first-order chi connectivity index (χ1) is 15.1. The molecule has 2 amide bonds. The average Bonchev–Trinajstić information content (AvgIpc) is 3.21. The minimum atomic E-state index is -0.296. The van der Waals surface area contributed by atoms with Crippen molar-refractivity contribution in [2.75, 3.05) is 22.2 Å². The topological polar surface area (TPSA) is 96.8 Å². The van der Waals surface area contributed by atoms with E-state index in [1.165, 1.54) is 6.33 Å². The van der Waals surface area contributed by atoms with Gasteiger partial charge in [0.2, 0.25) is 0 Å². The molecule has 4 aromatic rings. The molecule has 0 spiro atoms. The fraction of sp³-hybridized carbons (Fsp3) is 0.0909. The molecule has 156 valence electrons.